The number of carbonyl (C=O) groups is 3. The number of H-pyrrole nitrogens is 1. The molecule has 0 bridgehead atoms. The summed E-state index contributed by atoms with van der Waals surface area (Å²) in [5.41, 5.74) is 2.83. The molecular formula is C22H19N3O4. The molecule has 7 nitrogen and oxygen atoms in total. The number of nitrogens with zero attached hydrogens (tertiary/aromatic N) is 1. The van der Waals surface area contributed by atoms with Gasteiger partial charge in [0.2, 0.25) is 5.91 Å². The van der Waals surface area contributed by atoms with Crippen LogP contribution in [0.15, 0.2) is 53.3 Å². The van der Waals surface area contributed by atoms with Crippen LogP contribution < -0.4 is 10.9 Å². The van der Waals surface area contributed by atoms with Gasteiger partial charge in [0.15, 0.2) is 0 Å². The van der Waals surface area contributed by atoms with Gasteiger partial charge in [-0.2, -0.15) is 0 Å². The summed E-state index contributed by atoms with van der Waals surface area (Å²) >= 11 is 0. The van der Waals surface area contributed by atoms with Gasteiger partial charge >= 0.3 is 0 Å². The second-order valence-electron chi connectivity index (χ2n) is 7.06. The summed E-state index contributed by atoms with van der Waals surface area (Å²) in [7, 11) is 0. The lowest BCUT2D eigenvalue weighted by atomic mass is 10.1. The Morgan fingerprint density at radius 3 is 2.38 bits per heavy atom. The quantitative estimate of drug-likeness (QED) is 0.650. The minimum atomic E-state index is -0.470. The van der Waals surface area contributed by atoms with E-state index in [4.69, 9.17) is 0 Å². The Morgan fingerprint density at radius 2 is 1.69 bits per heavy atom. The van der Waals surface area contributed by atoms with Crippen molar-refractivity contribution in [1.29, 1.82) is 0 Å². The summed E-state index contributed by atoms with van der Waals surface area (Å²) in [6.07, 6.45) is 0.340. The van der Waals surface area contributed by atoms with Gasteiger partial charge < -0.3 is 10.3 Å². The molecule has 146 valence electrons. The van der Waals surface area contributed by atoms with Gasteiger partial charge in [0.05, 0.1) is 11.1 Å². The molecule has 1 aliphatic rings. The minimum Gasteiger partial charge on any atom is -0.354 e. The van der Waals surface area contributed by atoms with Crippen LogP contribution in [0.5, 0.6) is 0 Å². The number of aryl methyl sites for hydroxylation is 1. The Morgan fingerprint density at radius 1 is 1.00 bits per heavy atom. The molecule has 2 aromatic carbocycles. The third-order valence-electron chi connectivity index (χ3n) is 4.97. The summed E-state index contributed by atoms with van der Waals surface area (Å²) in [4.78, 5) is 52.9. The molecule has 3 amide bonds. The Bertz CT molecular complexity index is 1180. The smallest absolute Gasteiger partial charge is 0.262 e. The van der Waals surface area contributed by atoms with Crippen molar-refractivity contribution in [2.75, 3.05) is 13.1 Å². The van der Waals surface area contributed by atoms with E-state index in [-0.39, 0.29) is 18.6 Å². The lowest BCUT2D eigenvalue weighted by molar-refractivity contribution is -0.121. The molecule has 0 saturated carbocycles. The Balaban J connectivity index is 1.38. The van der Waals surface area contributed by atoms with Gasteiger partial charge in [0, 0.05) is 17.6 Å². The van der Waals surface area contributed by atoms with Crippen molar-refractivity contribution in [3.05, 3.63) is 81.1 Å². The van der Waals surface area contributed by atoms with Crippen molar-refractivity contribution in [1.82, 2.24) is 15.2 Å². The summed E-state index contributed by atoms with van der Waals surface area (Å²) < 4.78 is 0. The monoisotopic (exact) mass is 389 g/mol. The number of hydrogen-bond donors (Lipinski definition) is 2. The molecule has 2 N–H and O–H groups in total. The van der Waals surface area contributed by atoms with Crippen LogP contribution in [0.2, 0.25) is 0 Å². The van der Waals surface area contributed by atoms with Gasteiger partial charge in [0.25, 0.3) is 17.4 Å². The highest BCUT2D eigenvalue weighted by Crippen LogP contribution is 2.21. The summed E-state index contributed by atoms with van der Waals surface area (Å²) in [6, 6.07) is 14.1. The maximum absolute atomic E-state index is 12.3. The highest BCUT2D eigenvalue weighted by atomic mass is 16.2. The van der Waals surface area contributed by atoms with E-state index in [2.05, 4.69) is 10.3 Å². The number of hydrogen-bond acceptors (Lipinski definition) is 4. The van der Waals surface area contributed by atoms with Crippen LogP contribution in [0, 0.1) is 6.92 Å². The Labute approximate surface area is 166 Å². The van der Waals surface area contributed by atoms with Crippen LogP contribution in [0.4, 0.5) is 0 Å². The van der Waals surface area contributed by atoms with Crippen molar-refractivity contribution in [3.8, 4) is 0 Å². The standard InChI is InChI=1S/C22H19N3O4/c1-13-6-7-18-15(10-13)11-14(20(27)24-18)8-9-23-19(26)12-25-21(28)16-4-2-3-5-17(16)22(25)29/h2-7,10-11H,8-9,12H2,1H3,(H,23,26)(H,24,27). The molecule has 3 aromatic rings. The molecule has 0 saturated heterocycles. The molecule has 7 heteroatoms. The number of aromatic nitrogens is 1. The van der Waals surface area contributed by atoms with Crippen LogP contribution in [-0.2, 0) is 11.2 Å². The second-order valence-corrected chi connectivity index (χ2v) is 7.06. The molecule has 0 aliphatic carbocycles. The van der Waals surface area contributed by atoms with Gasteiger partial charge in [-0.3, -0.25) is 24.1 Å². The maximum atomic E-state index is 12.3. The normalized spacial score (nSPS) is 13.1. The third kappa shape index (κ3) is 3.54. The molecule has 29 heavy (non-hydrogen) atoms. The van der Waals surface area contributed by atoms with Gasteiger partial charge in [-0.05, 0) is 49.1 Å². The third-order valence-corrected chi connectivity index (χ3v) is 4.97. The van der Waals surface area contributed by atoms with Crippen LogP contribution in [-0.4, -0.2) is 40.7 Å². The molecule has 1 aromatic heterocycles. The predicted octanol–water partition coefficient (Wildman–Crippen LogP) is 1.79. The van der Waals surface area contributed by atoms with Crippen LogP contribution in [0.25, 0.3) is 10.9 Å². The average Bonchev–Trinajstić information content (AvgIpc) is 2.94. The fourth-order valence-corrected chi connectivity index (χ4v) is 3.48. The fourth-order valence-electron chi connectivity index (χ4n) is 3.48. The van der Waals surface area contributed by atoms with Crippen molar-refractivity contribution in [2.24, 2.45) is 0 Å². The average molecular weight is 389 g/mol. The minimum absolute atomic E-state index is 0.198. The van der Waals surface area contributed by atoms with E-state index in [1.54, 1.807) is 24.3 Å². The molecule has 1 aliphatic heterocycles. The van der Waals surface area contributed by atoms with Crippen LogP contribution in [0.3, 0.4) is 0 Å². The second kappa shape index (κ2) is 7.35. The first kappa shape index (κ1) is 18.6. The highest BCUT2D eigenvalue weighted by Gasteiger charge is 2.36. The van der Waals surface area contributed by atoms with Gasteiger partial charge in [-0.1, -0.05) is 23.8 Å². The topological polar surface area (TPSA) is 99.3 Å². The molecule has 0 fully saturated rings. The number of nitrogens with one attached hydrogen (secondary N) is 2. The maximum Gasteiger partial charge on any atom is 0.262 e. The Kier molecular flexibility index (Phi) is 4.72. The molecule has 2 heterocycles. The number of aromatic amines is 1. The zero-order chi connectivity index (χ0) is 20.5. The largest absolute Gasteiger partial charge is 0.354 e. The summed E-state index contributed by atoms with van der Waals surface area (Å²) in [5, 5.41) is 3.60. The summed E-state index contributed by atoms with van der Waals surface area (Å²) in [6.45, 7) is 1.85. The number of imide groups is 1. The first-order valence-corrected chi connectivity index (χ1v) is 9.28. The lowest BCUT2D eigenvalue weighted by Crippen LogP contribution is -2.41. The predicted molar refractivity (Wildman–Crippen MR) is 108 cm³/mol. The van der Waals surface area contributed by atoms with E-state index in [0.29, 0.717) is 23.1 Å². The SMILES string of the molecule is Cc1ccc2[nH]c(=O)c(CCNC(=O)CN3C(=O)c4ccccc4C3=O)cc2c1. The first-order chi connectivity index (χ1) is 13.9. The number of rotatable bonds is 5. The van der Waals surface area contributed by atoms with Crippen molar-refractivity contribution < 1.29 is 14.4 Å². The van der Waals surface area contributed by atoms with E-state index in [1.807, 2.05) is 31.2 Å². The molecule has 0 atom stereocenters. The van der Waals surface area contributed by atoms with Crippen molar-refractivity contribution >= 4 is 28.6 Å². The van der Waals surface area contributed by atoms with Gasteiger partial charge in [0.1, 0.15) is 6.54 Å². The van der Waals surface area contributed by atoms with E-state index in [1.165, 1.54) is 0 Å². The number of fused-ring (bicyclic) bond motifs is 2. The number of carbonyl (C=O) groups excluding carboxylic acids is 3. The van der Waals surface area contributed by atoms with E-state index < -0.39 is 17.7 Å². The fraction of sp³-hybridized carbons (Fsp3) is 0.182. The van der Waals surface area contributed by atoms with Gasteiger partial charge in [-0.15, -0.1) is 0 Å². The van der Waals surface area contributed by atoms with Gasteiger partial charge in [-0.25, -0.2) is 0 Å². The highest BCUT2D eigenvalue weighted by molar-refractivity contribution is 6.22. The first-order valence-electron chi connectivity index (χ1n) is 9.28. The lowest BCUT2D eigenvalue weighted by Gasteiger charge is -2.13. The zero-order valence-electron chi connectivity index (χ0n) is 15.8. The van der Waals surface area contributed by atoms with Crippen molar-refractivity contribution in [3.63, 3.8) is 0 Å². The number of pyridine rings is 1. The van der Waals surface area contributed by atoms with E-state index in [9.17, 15) is 19.2 Å². The van der Waals surface area contributed by atoms with Crippen molar-refractivity contribution in [2.45, 2.75) is 13.3 Å². The summed E-state index contributed by atoms with van der Waals surface area (Å²) in [5.74, 6) is -1.39. The molecule has 0 radical (unpaired) electrons. The zero-order valence-corrected chi connectivity index (χ0v) is 15.8. The van der Waals surface area contributed by atoms with Crippen LogP contribution >= 0.6 is 0 Å². The van der Waals surface area contributed by atoms with Crippen LogP contribution in [0.1, 0.15) is 31.8 Å². The molecule has 4 rings (SSSR count). The Hall–Kier alpha value is -3.74. The molecule has 0 unspecified atom stereocenters. The molecular weight excluding hydrogens is 370 g/mol. The van der Waals surface area contributed by atoms with E-state index >= 15 is 0 Å². The number of amides is 3. The van der Waals surface area contributed by atoms with E-state index in [0.717, 1.165) is 21.4 Å². The molecule has 0 spiro atoms. The number of benzene rings is 2.